The Hall–Kier alpha value is -0.580. The average molecular weight is 188 g/mol. The molecule has 1 rings (SSSR count). The van der Waals surface area contributed by atoms with Crippen LogP contribution in [0.3, 0.4) is 0 Å². The summed E-state index contributed by atoms with van der Waals surface area (Å²) in [5.41, 5.74) is 0. The molecule has 0 amide bonds. The Morgan fingerprint density at radius 1 is 1.15 bits per heavy atom. The molecule has 1 heterocycles. The van der Waals surface area contributed by atoms with Gasteiger partial charge in [-0.15, -0.1) is 0 Å². The third-order valence-corrected chi connectivity index (χ3v) is 2.07. The van der Waals surface area contributed by atoms with Crippen LogP contribution in [0.2, 0.25) is 0 Å². The molecular weight excluding hydrogens is 172 g/mol. The van der Waals surface area contributed by atoms with Gasteiger partial charge in [-0.25, -0.2) is 0 Å². The number of ether oxygens (including phenoxy) is 4. The van der Waals surface area contributed by atoms with Gasteiger partial charge < -0.3 is 18.9 Å². The van der Waals surface area contributed by atoms with Crippen LogP contribution in [0.15, 0.2) is 11.8 Å². The van der Waals surface area contributed by atoms with E-state index < -0.39 is 0 Å². The van der Waals surface area contributed by atoms with E-state index in [1.165, 1.54) is 0 Å². The van der Waals surface area contributed by atoms with E-state index in [2.05, 4.69) is 0 Å². The molecule has 0 spiro atoms. The maximum Gasteiger partial charge on any atom is 0.228 e. The summed E-state index contributed by atoms with van der Waals surface area (Å²) in [6.45, 7) is 1.86. The van der Waals surface area contributed by atoms with E-state index in [9.17, 15) is 0 Å². The lowest BCUT2D eigenvalue weighted by Crippen LogP contribution is -2.44. The second-order valence-electron chi connectivity index (χ2n) is 2.90. The molecule has 0 fully saturated rings. The molecule has 0 saturated carbocycles. The molecule has 4 heteroatoms. The van der Waals surface area contributed by atoms with Crippen molar-refractivity contribution >= 4 is 0 Å². The van der Waals surface area contributed by atoms with Crippen LogP contribution in [-0.4, -0.2) is 39.8 Å². The fourth-order valence-electron chi connectivity index (χ4n) is 1.40. The van der Waals surface area contributed by atoms with Gasteiger partial charge in [0.05, 0.1) is 5.76 Å². The first-order valence-electron chi connectivity index (χ1n) is 4.16. The minimum atomic E-state index is -0.389. The molecule has 0 unspecified atom stereocenters. The van der Waals surface area contributed by atoms with Gasteiger partial charge in [0.15, 0.2) is 0 Å². The Bertz CT molecular complexity index is 190. The molecular formula is C9H16O4. The van der Waals surface area contributed by atoms with Gasteiger partial charge in [-0.2, -0.15) is 0 Å². The van der Waals surface area contributed by atoms with Crippen LogP contribution in [0.1, 0.15) is 6.92 Å². The summed E-state index contributed by atoms with van der Waals surface area (Å²) in [4.78, 5) is 0. The zero-order chi connectivity index (χ0) is 9.84. The lowest BCUT2D eigenvalue weighted by atomic mass is 10.1. The van der Waals surface area contributed by atoms with Crippen molar-refractivity contribution in [3.63, 3.8) is 0 Å². The highest BCUT2D eigenvalue weighted by atomic mass is 16.7. The predicted molar refractivity (Wildman–Crippen MR) is 47.2 cm³/mol. The van der Waals surface area contributed by atoms with Gasteiger partial charge >= 0.3 is 0 Å². The third kappa shape index (κ3) is 2.21. The third-order valence-electron chi connectivity index (χ3n) is 2.07. The molecule has 4 nitrogen and oxygen atoms in total. The van der Waals surface area contributed by atoms with Gasteiger partial charge in [0.25, 0.3) is 0 Å². The first-order valence-corrected chi connectivity index (χ1v) is 4.16. The van der Waals surface area contributed by atoms with E-state index >= 15 is 0 Å². The number of allylic oxidation sites excluding steroid dienone is 1. The molecule has 0 radical (unpaired) electrons. The Kier molecular flexibility index (Phi) is 3.71. The maximum absolute atomic E-state index is 5.40. The van der Waals surface area contributed by atoms with Crippen LogP contribution < -0.4 is 0 Å². The first kappa shape index (κ1) is 10.5. The Balaban J connectivity index is 2.75. The summed E-state index contributed by atoms with van der Waals surface area (Å²) in [6, 6.07) is 0. The van der Waals surface area contributed by atoms with Crippen molar-refractivity contribution in [2.75, 3.05) is 21.3 Å². The highest BCUT2D eigenvalue weighted by Gasteiger charge is 2.34. The minimum Gasteiger partial charge on any atom is -0.467 e. The highest BCUT2D eigenvalue weighted by Crippen LogP contribution is 2.22. The Labute approximate surface area is 78.4 Å². The molecule has 0 bridgehead atoms. The van der Waals surface area contributed by atoms with Gasteiger partial charge in [0.1, 0.15) is 12.2 Å². The van der Waals surface area contributed by atoms with Crippen molar-refractivity contribution in [2.24, 2.45) is 0 Å². The normalized spacial score (nSPS) is 33.8. The second-order valence-corrected chi connectivity index (χ2v) is 2.90. The monoisotopic (exact) mass is 188 g/mol. The molecule has 76 valence electrons. The first-order chi connectivity index (χ1) is 6.22. The van der Waals surface area contributed by atoms with E-state index in [-0.39, 0.29) is 18.5 Å². The molecule has 1 aliphatic rings. The quantitative estimate of drug-likeness (QED) is 0.660. The van der Waals surface area contributed by atoms with Crippen molar-refractivity contribution in [3.05, 3.63) is 11.8 Å². The van der Waals surface area contributed by atoms with Crippen molar-refractivity contribution in [2.45, 2.75) is 25.4 Å². The summed E-state index contributed by atoms with van der Waals surface area (Å²) in [6.07, 6.45) is 1.17. The number of hydrogen-bond donors (Lipinski definition) is 0. The van der Waals surface area contributed by atoms with Gasteiger partial charge in [-0.3, -0.25) is 0 Å². The fraction of sp³-hybridized carbons (Fsp3) is 0.778. The summed E-state index contributed by atoms with van der Waals surface area (Å²) in [5, 5.41) is 0. The molecule has 0 aromatic carbocycles. The average Bonchev–Trinajstić information content (AvgIpc) is 2.16. The topological polar surface area (TPSA) is 36.9 Å². The molecule has 0 aromatic rings. The Morgan fingerprint density at radius 2 is 1.85 bits per heavy atom. The minimum absolute atomic E-state index is 0.108. The largest absolute Gasteiger partial charge is 0.467 e. The van der Waals surface area contributed by atoms with E-state index in [4.69, 9.17) is 18.9 Å². The summed E-state index contributed by atoms with van der Waals surface area (Å²) >= 11 is 0. The standard InChI is InChI=1S/C9H16O4/c1-6-5-7(10-2)8(11-3)9(12-4)13-6/h5,7-9H,1-4H3/t7-,8-,9-/m1/s1. The maximum atomic E-state index is 5.40. The van der Waals surface area contributed by atoms with Gasteiger partial charge in [-0.05, 0) is 13.0 Å². The highest BCUT2D eigenvalue weighted by molar-refractivity contribution is 5.03. The fourth-order valence-corrected chi connectivity index (χ4v) is 1.40. The predicted octanol–water partition coefficient (Wildman–Crippen LogP) is 0.923. The smallest absolute Gasteiger partial charge is 0.228 e. The number of rotatable bonds is 3. The summed E-state index contributed by atoms with van der Waals surface area (Å²) < 4.78 is 21.0. The molecule has 0 saturated heterocycles. The van der Waals surface area contributed by atoms with E-state index in [1.54, 1.807) is 21.3 Å². The summed E-state index contributed by atoms with van der Waals surface area (Å²) in [7, 11) is 4.83. The lowest BCUT2D eigenvalue weighted by molar-refractivity contribution is -0.203. The van der Waals surface area contributed by atoms with Crippen LogP contribution >= 0.6 is 0 Å². The van der Waals surface area contributed by atoms with Crippen LogP contribution in [0.5, 0.6) is 0 Å². The van der Waals surface area contributed by atoms with Crippen molar-refractivity contribution < 1.29 is 18.9 Å². The van der Waals surface area contributed by atoms with Crippen LogP contribution in [-0.2, 0) is 18.9 Å². The van der Waals surface area contributed by atoms with Gasteiger partial charge in [0, 0.05) is 21.3 Å². The van der Waals surface area contributed by atoms with E-state index in [0.29, 0.717) is 0 Å². The van der Waals surface area contributed by atoms with Crippen molar-refractivity contribution in [1.29, 1.82) is 0 Å². The molecule has 0 aromatic heterocycles. The number of hydrogen-bond acceptors (Lipinski definition) is 4. The van der Waals surface area contributed by atoms with Gasteiger partial charge in [0.2, 0.25) is 6.29 Å². The van der Waals surface area contributed by atoms with E-state index in [0.717, 1.165) is 5.76 Å². The zero-order valence-corrected chi connectivity index (χ0v) is 8.44. The van der Waals surface area contributed by atoms with Gasteiger partial charge in [-0.1, -0.05) is 0 Å². The van der Waals surface area contributed by atoms with Crippen molar-refractivity contribution in [1.82, 2.24) is 0 Å². The molecule has 3 atom stereocenters. The van der Waals surface area contributed by atoms with E-state index in [1.807, 2.05) is 13.0 Å². The Morgan fingerprint density at radius 3 is 2.31 bits per heavy atom. The summed E-state index contributed by atoms with van der Waals surface area (Å²) in [5.74, 6) is 0.798. The zero-order valence-electron chi connectivity index (χ0n) is 8.44. The molecule has 13 heavy (non-hydrogen) atoms. The molecule has 0 aliphatic carbocycles. The van der Waals surface area contributed by atoms with Crippen LogP contribution in [0.4, 0.5) is 0 Å². The molecule has 1 aliphatic heterocycles. The molecule has 0 N–H and O–H groups in total. The number of methoxy groups -OCH3 is 3. The van der Waals surface area contributed by atoms with Crippen LogP contribution in [0, 0.1) is 0 Å². The van der Waals surface area contributed by atoms with Crippen LogP contribution in [0.25, 0.3) is 0 Å². The van der Waals surface area contributed by atoms with Crippen molar-refractivity contribution in [3.8, 4) is 0 Å². The lowest BCUT2D eigenvalue weighted by Gasteiger charge is -2.33. The second kappa shape index (κ2) is 4.60. The SMILES string of the molecule is CO[C@@H]1OC(C)=C[C@@H](OC)[C@H]1OC.